The molecule has 0 aliphatic heterocycles. The van der Waals surface area contributed by atoms with Crippen LogP contribution in [0.2, 0.25) is 0 Å². The van der Waals surface area contributed by atoms with Crippen molar-refractivity contribution in [1.82, 2.24) is 0 Å². The molecule has 0 N–H and O–H groups in total. The van der Waals surface area contributed by atoms with Crippen LogP contribution in [0.5, 0.6) is 0 Å². The number of nitriles is 1. The van der Waals surface area contributed by atoms with Crippen molar-refractivity contribution in [3.05, 3.63) is 38.9 Å². The fourth-order valence-corrected chi connectivity index (χ4v) is 1.32. The fourth-order valence-electron chi connectivity index (χ4n) is 1.32. The van der Waals surface area contributed by atoms with Crippen molar-refractivity contribution < 1.29 is 14.5 Å². The second kappa shape index (κ2) is 4.40. The van der Waals surface area contributed by atoms with E-state index in [0.29, 0.717) is 0 Å². The zero-order valence-electron chi connectivity index (χ0n) is 8.68. The molecular weight excluding hydrogens is 212 g/mol. The van der Waals surface area contributed by atoms with Gasteiger partial charge in [-0.25, -0.2) is 4.79 Å². The quantitative estimate of drug-likeness (QED) is 0.428. The number of carbonyl (C=O) groups excluding carboxylic acids is 1. The Hall–Kier alpha value is -2.42. The first kappa shape index (κ1) is 11.7. The monoisotopic (exact) mass is 220 g/mol. The minimum atomic E-state index is -0.660. The van der Waals surface area contributed by atoms with Gasteiger partial charge in [-0.1, -0.05) is 0 Å². The van der Waals surface area contributed by atoms with Gasteiger partial charge in [0.05, 0.1) is 17.6 Å². The van der Waals surface area contributed by atoms with E-state index in [0.717, 1.165) is 6.07 Å². The highest BCUT2D eigenvalue weighted by Gasteiger charge is 2.21. The third kappa shape index (κ3) is 1.83. The Morgan fingerprint density at radius 2 is 2.19 bits per heavy atom. The number of benzene rings is 1. The summed E-state index contributed by atoms with van der Waals surface area (Å²) in [6.07, 6.45) is 0. The Kier molecular flexibility index (Phi) is 3.20. The van der Waals surface area contributed by atoms with E-state index in [4.69, 9.17) is 5.26 Å². The largest absolute Gasteiger partial charge is 0.465 e. The molecule has 0 amide bonds. The number of nitro benzene ring substituents is 1. The van der Waals surface area contributed by atoms with Crippen molar-refractivity contribution >= 4 is 11.7 Å². The maximum absolute atomic E-state index is 11.3. The van der Waals surface area contributed by atoms with E-state index in [-0.39, 0.29) is 22.4 Å². The van der Waals surface area contributed by atoms with Gasteiger partial charge in [-0.2, -0.15) is 5.26 Å². The highest BCUT2D eigenvalue weighted by molar-refractivity contribution is 5.92. The molecule has 0 atom stereocenters. The lowest BCUT2D eigenvalue weighted by molar-refractivity contribution is -0.385. The van der Waals surface area contributed by atoms with Crippen LogP contribution >= 0.6 is 0 Å². The summed E-state index contributed by atoms with van der Waals surface area (Å²) in [6, 6.07) is 4.12. The standard InChI is InChI=1S/C10H8N2O4/c1-6-7(10(13)16-2)3-4-9(12(14)15)8(6)5-11/h3-4H,1-2H3. The summed E-state index contributed by atoms with van der Waals surface area (Å²) in [6.45, 7) is 1.47. The number of methoxy groups -OCH3 is 1. The van der Waals surface area contributed by atoms with Crippen LogP contribution in [0.4, 0.5) is 5.69 Å². The summed E-state index contributed by atoms with van der Waals surface area (Å²) in [4.78, 5) is 21.2. The Labute approximate surface area is 91.2 Å². The second-order valence-corrected chi connectivity index (χ2v) is 2.99. The molecular formula is C10H8N2O4. The van der Waals surface area contributed by atoms with Crippen LogP contribution in [0.15, 0.2) is 12.1 Å². The Balaban J connectivity index is 3.48. The first-order valence-electron chi connectivity index (χ1n) is 4.29. The highest BCUT2D eigenvalue weighted by atomic mass is 16.6. The highest BCUT2D eigenvalue weighted by Crippen LogP contribution is 2.24. The van der Waals surface area contributed by atoms with Gasteiger partial charge in [0.15, 0.2) is 0 Å². The average molecular weight is 220 g/mol. The summed E-state index contributed by atoms with van der Waals surface area (Å²) >= 11 is 0. The number of rotatable bonds is 2. The molecule has 0 heterocycles. The number of hydrogen-bond donors (Lipinski definition) is 0. The van der Waals surface area contributed by atoms with Crippen molar-refractivity contribution in [2.24, 2.45) is 0 Å². The van der Waals surface area contributed by atoms with Gasteiger partial charge in [-0.05, 0) is 18.6 Å². The molecule has 6 heteroatoms. The summed E-state index contributed by atoms with van der Waals surface area (Å²) in [5, 5.41) is 19.4. The molecule has 1 aromatic rings. The summed E-state index contributed by atoms with van der Waals surface area (Å²) < 4.78 is 4.50. The minimum absolute atomic E-state index is 0.118. The second-order valence-electron chi connectivity index (χ2n) is 2.99. The van der Waals surface area contributed by atoms with Gasteiger partial charge >= 0.3 is 5.97 Å². The molecule has 82 valence electrons. The summed E-state index contributed by atoms with van der Waals surface area (Å²) in [7, 11) is 1.20. The summed E-state index contributed by atoms with van der Waals surface area (Å²) in [5.41, 5.74) is -0.0197. The zero-order valence-corrected chi connectivity index (χ0v) is 8.68. The molecule has 0 fully saturated rings. The Morgan fingerprint density at radius 1 is 1.56 bits per heavy atom. The minimum Gasteiger partial charge on any atom is -0.465 e. The van der Waals surface area contributed by atoms with Gasteiger partial charge in [-0.15, -0.1) is 0 Å². The van der Waals surface area contributed by atoms with Crippen LogP contribution in [0, 0.1) is 28.4 Å². The van der Waals surface area contributed by atoms with Gasteiger partial charge < -0.3 is 4.74 Å². The molecule has 0 saturated heterocycles. The lowest BCUT2D eigenvalue weighted by Crippen LogP contribution is -2.06. The van der Waals surface area contributed by atoms with Crippen molar-refractivity contribution in [3.63, 3.8) is 0 Å². The van der Waals surface area contributed by atoms with E-state index in [1.54, 1.807) is 6.07 Å². The van der Waals surface area contributed by atoms with E-state index < -0.39 is 10.9 Å². The molecule has 0 spiro atoms. The predicted octanol–water partition coefficient (Wildman–Crippen LogP) is 1.56. The third-order valence-electron chi connectivity index (χ3n) is 2.16. The molecule has 16 heavy (non-hydrogen) atoms. The molecule has 0 aliphatic carbocycles. The number of carbonyl (C=O) groups is 1. The molecule has 0 aromatic heterocycles. The van der Waals surface area contributed by atoms with E-state index in [1.165, 1.54) is 20.1 Å². The van der Waals surface area contributed by atoms with Gasteiger partial charge in [-0.3, -0.25) is 10.1 Å². The maximum Gasteiger partial charge on any atom is 0.338 e. The van der Waals surface area contributed by atoms with Gasteiger partial charge in [0.2, 0.25) is 0 Å². The van der Waals surface area contributed by atoms with E-state index in [9.17, 15) is 14.9 Å². The number of nitrogens with zero attached hydrogens (tertiary/aromatic N) is 2. The Bertz CT molecular complexity index is 502. The number of nitro groups is 1. The van der Waals surface area contributed by atoms with Crippen LogP contribution in [0.25, 0.3) is 0 Å². The van der Waals surface area contributed by atoms with Crippen LogP contribution in [-0.2, 0) is 4.74 Å². The molecule has 0 unspecified atom stereocenters. The molecule has 6 nitrogen and oxygen atoms in total. The number of esters is 1. The molecule has 0 radical (unpaired) electrons. The van der Waals surface area contributed by atoms with Crippen LogP contribution in [-0.4, -0.2) is 18.0 Å². The van der Waals surface area contributed by atoms with Gasteiger partial charge in [0, 0.05) is 6.07 Å². The normalized spacial score (nSPS) is 9.31. The van der Waals surface area contributed by atoms with Crippen LogP contribution in [0.1, 0.15) is 21.5 Å². The fraction of sp³-hybridized carbons (Fsp3) is 0.200. The lowest BCUT2D eigenvalue weighted by Gasteiger charge is -2.05. The van der Waals surface area contributed by atoms with Gasteiger partial charge in [0.1, 0.15) is 11.6 Å². The first-order valence-corrected chi connectivity index (χ1v) is 4.29. The molecule has 0 aliphatic rings. The van der Waals surface area contributed by atoms with E-state index >= 15 is 0 Å². The van der Waals surface area contributed by atoms with Crippen molar-refractivity contribution in [2.75, 3.05) is 7.11 Å². The summed E-state index contributed by atoms with van der Waals surface area (Å²) in [5.74, 6) is -0.621. The van der Waals surface area contributed by atoms with E-state index in [2.05, 4.69) is 4.74 Å². The van der Waals surface area contributed by atoms with Crippen molar-refractivity contribution in [1.29, 1.82) is 5.26 Å². The first-order chi connectivity index (χ1) is 7.52. The topological polar surface area (TPSA) is 93.2 Å². The zero-order chi connectivity index (χ0) is 12.3. The third-order valence-corrected chi connectivity index (χ3v) is 2.16. The Morgan fingerprint density at radius 3 is 2.62 bits per heavy atom. The number of ether oxygens (including phenoxy) is 1. The molecule has 1 rings (SSSR count). The predicted molar refractivity (Wildman–Crippen MR) is 53.9 cm³/mol. The van der Waals surface area contributed by atoms with E-state index in [1.807, 2.05) is 0 Å². The molecule has 0 bridgehead atoms. The smallest absolute Gasteiger partial charge is 0.338 e. The molecule has 0 saturated carbocycles. The lowest BCUT2D eigenvalue weighted by atomic mass is 10.0. The SMILES string of the molecule is COC(=O)c1ccc([N+](=O)[O-])c(C#N)c1C. The van der Waals surface area contributed by atoms with Crippen LogP contribution in [0.3, 0.4) is 0 Å². The van der Waals surface area contributed by atoms with Crippen molar-refractivity contribution in [3.8, 4) is 6.07 Å². The number of hydrogen-bond acceptors (Lipinski definition) is 5. The van der Waals surface area contributed by atoms with Crippen LogP contribution < -0.4 is 0 Å². The van der Waals surface area contributed by atoms with Gasteiger partial charge in [0.25, 0.3) is 5.69 Å². The molecule has 1 aromatic carbocycles. The average Bonchev–Trinajstić information content (AvgIpc) is 2.27. The van der Waals surface area contributed by atoms with Crippen molar-refractivity contribution in [2.45, 2.75) is 6.92 Å². The maximum atomic E-state index is 11.3.